The van der Waals surface area contributed by atoms with Crippen molar-refractivity contribution in [2.75, 3.05) is 10.6 Å². The van der Waals surface area contributed by atoms with E-state index in [0.717, 1.165) is 6.42 Å². The Labute approximate surface area is 113 Å². The summed E-state index contributed by atoms with van der Waals surface area (Å²) in [5.74, 6) is -0.184. The average Bonchev–Trinajstić information content (AvgIpc) is 2.38. The Balaban J connectivity index is 2.62. The van der Waals surface area contributed by atoms with Crippen molar-refractivity contribution in [3.63, 3.8) is 0 Å². The van der Waals surface area contributed by atoms with E-state index in [-0.39, 0.29) is 17.7 Å². The molecule has 5 heteroatoms. The van der Waals surface area contributed by atoms with E-state index >= 15 is 0 Å². The fourth-order valence-electron chi connectivity index (χ4n) is 1.58. The molecule has 5 nitrogen and oxygen atoms in total. The molecule has 1 aromatic rings. The molecule has 0 unspecified atom stereocenters. The molecule has 0 aliphatic heterocycles. The van der Waals surface area contributed by atoms with Gasteiger partial charge in [-0.05, 0) is 30.2 Å². The normalized spacial score (nSPS) is 13.5. The van der Waals surface area contributed by atoms with Gasteiger partial charge in [-0.1, -0.05) is 20.3 Å². The molecule has 0 aliphatic rings. The first-order valence-corrected chi connectivity index (χ1v) is 6.38. The van der Waals surface area contributed by atoms with Gasteiger partial charge in [0.05, 0.1) is 6.04 Å². The summed E-state index contributed by atoms with van der Waals surface area (Å²) in [4.78, 5) is 22.7. The number of hydrogen-bond acceptors (Lipinski definition) is 3. The van der Waals surface area contributed by atoms with Gasteiger partial charge < -0.3 is 16.4 Å². The summed E-state index contributed by atoms with van der Waals surface area (Å²) in [5.41, 5.74) is 7.20. The van der Waals surface area contributed by atoms with E-state index in [1.807, 2.05) is 13.8 Å². The number of nitrogens with one attached hydrogen (secondary N) is 2. The lowest BCUT2D eigenvalue weighted by Crippen LogP contribution is -2.40. The molecule has 0 saturated heterocycles. The Morgan fingerprint density at radius 2 is 1.63 bits per heavy atom. The van der Waals surface area contributed by atoms with Gasteiger partial charge in [-0.25, -0.2) is 0 Å². The summed E-state index contributed by atoms with van der Waals surface area (Å²) in [6.45, 7) is 5.39. The highest BCUT2D eigenvalue weighted by molar-refractivity contribution is 5.95. The number of amides is 2. The molecule has 0 heterocycles. The van der Waals surface area contributed by atoms with Crippen LogP contribution < -0.4 is 16.4 Å². The fraction of sp³-hybridized carbons (Fsp3) is 0.429. The van der Waals surface area contributed by atoms with E-state index < -0.39 is 6.04 Å². The second-order valence-electron chi connectivity index (χ2n) is 4.66. The summed E-state index contributed by atoms with van der Waals surface area (Å²) in [7, 11) is 0. The Bertz CT molecular complexity index is 443. The van der Waals surface area contributed by atoms with Gasteiger partial charge in [0, 0.05) is 18.3 Å². The second-order valence-corrected chi connectivity index (χ2v) is 4.66. The van der Waals surface area contributed by atoms with Gasteiger partial charge in [0.25, 0.3) is 0 Å². The van der Waals surface area contributed by atoms with Crippen molar-refractivity contribution in [1.82, 2.24) is 0 Å². The van der Waals surface area contributed by atoms with E-state index in [4.69, 9.17) is 5.73 Å². The quantitative estimate of drug-likeness (QED) is 0.759. The largest absolute Gasteiger partial charge is 0.326 e. The van der Waals surface area contributed by atoms with Crippen LogP contribution in [0.15, 0.2) is 24.3 Å². The van der Waals surface area contributed by atoms with E-state index in [9.17, 15) is 9.59 Å². The summed E-state index contributed by atoms with van der Waals surface area (Å²) in [5, 5.41) is 5.42. The zero-order valence-electron chi connectivity index (χ0n) is 11.6. The van der Waals surface area contributed by atoms with Gasteiger partial charge >= 0.3 is 0 Å². The standard InChI is InChI=1S/C14H21N3O2/c1-4-9(2)13(15)14(19)17-12-7-5-11(6-8-12)16-10(3)18/h5-9,13H,4,15H2,1-3H3,(H,16,18)(H,17,19)/t9-,13-/m0/s1. The van der Waals surface area contributed by atoms with Crippen LogP contribution in [0.3, 0.4) is 0 Å². The van der Waals surface area contributed by atoms with Crippen LogP contribution in [0.25, 0.3) is 0 Å². The van der Waals surface area contributed by atoms with E-state index in [0.29, 0.717) is 11.4 Å². The summed E-state index contributed by atoms with van der Waals surface area (Å²) < 4.78 is 0. The van der Waals surface area contributed by atoms with Gasteiger partial charge in [0.2, 0.25) is 11.8 Å². The summed E-state index contributed by atoms with van der Waals surface area (Å²) in [6, 6.07) is 6.40. The molecule has 0 spiro atoms. The molecule has 2 amide bonds. The molecular formula is C14H21N3O2. The monoisotopic (exact) mass is 263 g/mol. The summed E-state index contributed by atoms with van der Waals surface area (Å²) in [6.07, 6.45) is 0.857. The van der Waals surface area contributed by atoms with Crippen LogP contribution in [-0.2, 0) is 9.59 Å². The number of rotatable bonds is 5. The number of benzene rings is 1. The van der Waals surface area contributed by atoms with Crippen molar-refractivity contribution in [1.29, 1.82) is 0 Å². The van der Waals surface area contributed by atoms with E-state index in [1.165, 1.54) is 6.92 Å². The molecule has 4 N–H and O–H groups in total. The van der Waals surface area contributed by atoms with Crippen molar-refractivity contribution in [2.45, 2.75) is 33.2 Å². The number of hydrogen-bond donors (Lipinski definition) is 3. The average molecular weight is 263 g/mol. The molecule has 0 aromatic heterocycles. The number of carbonyl (C=O) groups excluding carboxylic acids is 2. The zero-order chi connectivity index (χ0) is 14.4. The minimum Gasteiger partial charge on any atom is -0.326 e. The highest BCUT2D eigenvalue weighted by atomic mass is 16.2. The third-order valence-corrected chi connectivity index (χ3v) is 3.03. The van der Waals surface area contributed by atoms with Crippen molar-refractivity contribution in [2.24, 2.45) is 11.7 Å². The third-order valence-electron chi connectivity index (χ3n) is 3.03. The van der Waals surface area contributed by atoms with Crippen molar-refractivity contribution in [3.05, 3.63) is 24.3 Å². The first-order valence-electron chi connectivity index (χ1n) is 6.38. The lowest BCUT2D eigenvalue weighted by Gasteiger charge is -2.17. The van der Waals surface area contributed by atoms with Crippen molar-refractivity contribution in [3.8, 4) is 0 Å². The van der Waals surface area contributed by atoms with Crippen LogP contribution in [0.4, 0.5) is 11.4 Å². The Morgan fingerprint density at radius 1 is 1.16 bits per heavy atom. The second kappa shape index (κ2) is 6.89. The SMILES string of the molecule is CC[C@H](C)[C@H](N)C(=O)Nc1ccc(NC(C)=O)cc1. The predicted octanol–water partition coefficient (Wildman–Crippen LogP) is 1.96. The van der Waals surface area contributed by atoms with Gasteiger partial charge in [0.15, 0.2) is 0 Å². The first kappa shape index (κ1) is 15.2. The van der Waals surface area contributed by atoms with E-state index in [2.05, 4.69) is 10.6 Å². The number of nitrogens with two attached hydrogens (primary N) is 1. The van der Waals surface area contributed by atoms with Crippen LogP contribution in [-0.4, -0.2) is 17.9 Å². The highest BCUT2D eigenvalue weighted by Crippen LogP contribution is 2.15. The fourth-order valence-corrected chi connectivity index (χ4v) is 1.58. The minimum atomic E-state index is -0.514. The molecule has 1 aromatic carbocycles. The first-order chi connectivity index (χ1) is 8.93. The Kier molecular flexibility index (Phi) is 5.51. The van der Waals surface area contributed by atoms with Gasteiger partial charge in [-0.15, -0.1) is 0 Å². The van der Waals surface area contributed by atoms with Crippen molar-refractivity contribution < 1.29 is 9.59 Å². The van der Waals surface area contributed by atoms with Gasteiger partial charge in [0.1, 0.15) is 0 Å². The van der Waals surface area contributed by atoms with Gasteiger partial charge in [-0.3, -0.25) is 9.59 Å². The lowest BCUT2D eigenvalue weighted by atomic mass is 9.99. The highest BCUT2D eigenvalue weighted by Gasteiger charge is 2.19. The molecule has 104 valence electrons. The maximum atomic E-state index is 11.9. The topological polar surface area (TPSA) is 84.2 Å². The molecular weight excluding hydrogens is 242 g/mol. The smallest absolute Gasteiger partial charge is 0.241 e. The Hall–Kier alpha value is -1.88. The van der Waals surface area contributed by atoms with Crippen LogP contribution in [0.1, 0.15) is 27.2 Å². The van der Waals surface area contributed by atoms with E-state index in [1.54, 1.807) is 24.3 Å². The zero-order valence-corrected chi connectivity index (χ0v) is 11.6. The molecule has 0 aliphatic carbocycles. The number of carbonyl (C=O) groups is 2. The maximum Gasteiger partial charge on any atom is 0.241 e. The number of anilines is 2. The summed E-state index contributed by atoms with van der Waals surface area (Å²) >= 11 is 0. The molecule has 0 bridgehead atoms. The Morgan fingerprint density at radius 3 is 2.05 bits per heavy atom. The van der Waals surface area contributed by atoms with Crippen LogP contribution in [0.2, 0.25) is 0 Å². The van der Waals surface area contributed by atoms with Crippen LogP contribution in [0.5, 0.6) is 0 Å². The minimum absolute atomic E-state index is 0.129. The molecule has 2 atom stereocenters. The molecule has 0 fully saturated rings. The van der Waals surface area contributed by atoms with Crippen molar-refractivity contribution >= 4 is 23.2 Å². The molecule has 0 saturated carbocycles. The van der Waals surface area contributed by atoms with Gasteiger partial charge in [-0.2, -0.15) is 0 Å². The maximum absolute atomic E-state index is 11.9. The molecule has 0 radical (unpaired) electrons. The van der Waals surface area contributed by atoms with Crippen LogP contribution in [0, 0.1) is 5.92 Å². The third kappa shape index (κ3) is 4.71. The lowest BCUT2D eigenvalue weighted by molar-refractivity contribution is -0.118. The predicted molar refractivity (Wildman–Crippen MR) is 76.8 cm³/mol. The molecule has 19 heavy (non-hydrogen) atoms. The van der Waals surface area contributed by atoms with Crippen LogP contribution >= 0.6 is 0 Å². The molecule has 1 rings (SSSR count).